The molecule has 0 unspecified atom stereocenters. The molecule has 0 spiro atoms. The van der Waals surface area contributed by atoms with Crippen LogP contribution >= 0.6 is 11.6 Å². The Morgan fingerprint density at radius 1 is 0.427 bits per heavy atom. The quantitative estimate of drug-likeness (QED) is 0.0363. The number of benzene rings is 5. The van der Waals surface area contributed by atoms with E-state index in [1.165, 1.54) is 85.0 Å². The molecular formula is C98H130ClN14NaO10. The van der Waals surface area contributed by atoms with Gasteiger partial charge in [-0.3, -0.25) is 58.8 Å². The first kappa shape index (κ1) is 97.7. The van der Waals surface area contributed by atoms with Crippen LogP contribution in [0.3, 0.4) is 0 Å². The molecule has 0 radical (unpaired) electrons. The first-order valence-corrected chi connectivity index (χ1v) is 45.3. The normalized spacial score (nSPS) is 17.8. The maximum Gasteiger partial charge on any atom is 1.00 e. The predicted molar refractivity (Wildman–Crippen MR) is 495 cm³/mol. The minimum atomic E-state index is -0.667. The number of rotatable bonds is 20. The number of unbranched alkanes of at least 4 members (excludes halogenated alkanes) is 1. The maximum atomic E-state index is 12.6. The van der Waals surface area contributed by atoms with Crippen LogP contribution < -0.4 is 60.2 Å². The molecule has 5 aromatic carbocycles. The van der Waals surface area contributed by atoms with Gasteiger partial charge in [-0.05, 0) is 184 Å². The number of piperidine rings is 5. The number of pyridine rings is 5. The molecule has 0 bridgehead atoms. The predicted octanol–water partition coefficient (Wildman–Crippen LogP) is 12.2. The van der Waals surface area contributed by atoms with Crippen LogP contribution in [0.4, 0.5) is 22.7 Å². The number of ether oxygens (including phenoxy) is 4. The van der Waals surface area contributed by atoms with Gasteiger partial charge in [-0.25, -0.2) is 0 Å². The van der Waals surface area contributed by atoms with Crippen LogP contribution in [0.5, 0.6) is 0 Å². The zero-order valence-electron chi connectivity index (χ0n) is 73.4. The number of nitrogens with two attached hydrogens (primary N) is 1. The number of carbonyl (C=O) groups is 4. The Morgan fingerprint density at radius 2 is 0.766 bits per heavy atom. The molecule has 24 nitrogen and oxygen atoms in total. The molecule has 18 rings (SSSR count). The van der Waals surface area contributed by atoms with Crippen LogP contribution in [0.25, 0.3) is 54.5 Å². The summed E-state index contributed by atoms with van der Waals surface area (Å²) in [5.41, 5.74) is 15.5. The number of carboxylic acids is 1. The Hall–Kier alpha value is -8.44. The van der Waals surface area contributed by atoms with Crippen molar-refractivity contribution >= 4 is 112 Å². The summed E-state index contributed by atoms with van der Waals surface area (Å²) in [5, 5.41) is 18.8. The third-order valence-electron chi connectivity index (χ3n) is 24.9. The van der Waals surface area contributed by atoms with Crippen molar-refractivity contribution in [3.05, 3.63) is 188 Å². The number of anilines is 4. The Morgan fingerprint density at radius 3 is 1.13 bits per heavy atom. The molecule has 0 atom stereocenters. The zero-order chi connectivity index (χ0) is 84.9. The number of para-hydroxylation sites is 5. The van der Waals surface area contributed by atoms with Gasteiger partial charge in [-0.15, -0.1) is 0 Å². The van der Waals surface area contributed by atoms with Gasteiger partial charge in [0.1, 0.15) is 11.6 Å². The summed E-state index contributed by atoms with van der Waals surface area (Å²) in [4.78, 5) is 84.9. The zero-order valence-corrected chi connectivity index (χ0v) is 76.1. The number of ketones is 2. The number of morpholine rings is 3. The third kappa shape index (κ3) is 29.8. The summed E-state index contributed by atoms with van der Waals surface area (Å²) in [6.07, 6.45) is 24.9. The molecular weight excluding hydrogens is 1590 g/mol. The van der Waals surface area contributed by atoms with E-state index in [0.29, 0.717) is 36.9 Å². The molecule has 124 heavy (non-hydrogen) atoms. The Bertz CT molecular complexity index is 4800. The molecule has 26 heteroatoms. The van der Waals surface area contributed by atoms with E-state index < -0.39 is 5.97 Å². The molecule has 5 aromatic heterocycles. The molecule has 5 N–H and O–H groups in total. The Balaban J connectivity index is 0.000000156. The summed E-state index contributed by atoms with van der Waals surface area (Å²) >= 11 is 5.92. The smallest absolute Gasteiger partial charge is 0.870 e. The Labute approximate surface area is 760 Å². The van der Waals surface area contributed by atoms with Crippen molar-refractivity contribution in [1.29, 1.82) is 0 Å². The molecule has 8 aliphatic heterocycles. The van der Waals surface area contributed by atoms with Gasteiger partial charge in [0.05, 0.1) is 90.7 Å². The van der Waals surface area contributed by atoms with Gasteiger partial charge in [0.2, 0.25) is 0 Å². The van der Waals surface area contributed by atoms with Crippen LogP contribution in [-0.4, -0.2) is 251 Å². The standard InChI is InChI=1S/C22H29N3O2.C22H31N3O.C17H20N2O2.C15H16N2O2.C9H6ClN.C7H13NO.C6H14N2O.Na.H2O/c26-22(6-3-11-24-14-16-27-17-15-24)18-8-12-25(13-9-18)21-7-10-23-20-5-2-1-4-19(20)21;1-2-7-21-20(6-1)22(8-11-23-21)25-13-9-19(10-14-25)5-3-4-12-24-15-17-26-18-16-24;1-2-21-17(20)13-8-11-19(12-9-13)16-7-10-18-15-6-4-3-5-14(15)16;18-15(19)11-6-9-17(10-7-11)14-5-8-16-13-4-2-1-3-12(13)14;10-8-5-6-11-9-4-2-1-3-7(8)9;1-6(9)7-2-4-8-5-3-7;7-1-2-8-3-5-9-6-4-8;;/h1-2,4-5,7,10,18H,3,6,8-9,11-17H2;1-2,6-8,11,19H,3-5,9-10,12-18H2;3-7,10,13H,2,8-9,11-12H2,1H3;1-5,8,11H,6-7,9-10H2,(H,18,19);1-6H;7-8H,2-5H2,1H3;1-7H2;;1H2/q;;;;;;;+1;/p-1. The van der Waals surface area contributed by atoms with E-state index in [9.17, 15) is 19.2 Å². The van der Waals surface area contributed by atoms with Gasteiger partial charge in [0.25, 0.3) is 0 Å². The molecule has 0 amide bonds. The monoisotopic (exact) mass is 1720 g/mol. The van der Waals surface area contributed by atoms with E-state index >= 15 is 0 Å². The molecule has 8 aliphatic rings. The minimum Gasteiger partial charge on any atom is -0.870 e. The van der Waals surface area contributed by atoms with Crippen molar-refractivity contribution < 1.29 is 78.3 Å². The number of carboxylic acid groups (broad SMARTS) is 1. The van der Waals surface area contributed by atoms with Gasteiger partial charge in [0, 0.05) is 204 Å². The average Bonchev–Trinajstić information content (AvgIpc) is 0.815. The van der Waals surface area contributed by atoms with Gasteiger partial charge in [-0.1, -0.05) is 115 Å². The van der Waals surface area contributed by atoms with Crippen molar-refractivity contribution in [2.24, 2.45) is 35.3 Å². The van der Waals surface area contributed by atoms with Crippen molar-refractivity contribution in [3.8, 4) is 0 Å². The van der Waals surface area contributed by atoms with Gasteiger partial charge in [-0.2, -0.15) is 0 Å². The number of esters is 1. The molecule has 0 saturated carbocycles. The fourth-order valence-electron chi connectivity index (χ4n) is 17.7. The fraction of sp³-hybridized carbons (Fsp3) is 0.500. The fourth-order valence-corrected chi connectivity index (χ4v) is 17.9. The van der Waals surface area contributed by atoms with Crippen LogP contribution in [-0.2, 0) is 38.1 Å². The van der Waals surface area contributed by atoms with Gasteiger partial charge >= 0.3 is 41.5 Å². The van der Waals surface area contributed by atoms with Crippen molar-refractivity contribution in [2.75, 3.05) is 197 Å². The number of Topliss-reactive ketones (excluding diaryl/α,β-unsaturated/α-hetero) is 2. The number of carbonyl (C=O) groups excluding carboxylic acids is 3. The van der Waals surface area contributed by atoms with Crippen LogP contribution in [0.15, 0.2) is 183 Å². The minimum absolute atomic E-state index is 0. The van der Waals surface area contributed by atoms with E-state index in [0.717, 1.165) is 257 Å². The van der Waals surface area contributed by atoms with E-state index in [-0.39, 0.29) is 58.8 Å². The first-order chi connectivity index (χ1) is 59.9. The van der Waals surface area contributed by atoms with Crippen LogP contribution in [0.2, 0.25) is 5.02 Å². The molecule has 8 saturated heterocycles. The van der Waals surface area contributed by atoms with E-state index in [2.05, 4.69) is 137 Å². The van der Waals surface area contributed by atoms with E-state index in [1.54, 1.807) is 19.2 Å². The van der Waals surface area contributed by atoms with Gasteiger partial charge < -0.3 is 60.2 Å². The average molecular weight is 1720 g/mol. The van der Waals surface area contributed by atoms with E-state index in [1.807, 2.05) is 105 Å². The topological polar surface area (TPSA) is 281 Å². The molecule has 10 aromatic rings. The molecule has 8 fully saturated rings. The number of nitrogens with one attached hydrogen (secondary N) is 1. The van der Waals surface area contributed by atoms with Crippen molar-refractivity contribution in [3.63, 3.8) is 0 Å². The number of hydrogen-bond donors (Lipinski definition) is 3. The molecule has 0 aliphatic carbocycles. The van der Waals surface area contributed by atoms with Gasteiger partial charge in [0.15, 0.2) is 0 Å². The SMILES string of the molecule is CC(=O)C1CCNCC1.CCOC(=O)C1CCN(c2ccnc3ccccc23)CC1.Clc1ccnc2ccccc12.NCCN1CCOCC1.O=C(CCCN1CCOCC1)C1CCN(c2ccnc3ccccc23)CC1.O=C(O)C1CCN(c2ccnc3ccccc23)CC1.[Na+].[OH-].c1ccc2c(N3CCC(CCCCN4CCOCC4)CC3)ccnc2c1. The number of halogens is 1. The van der Waals surface area contributed by atoms with Crippen molar-refractivity contribution in [2.45, 2.75) is 110 Å². The molecule has 660 valence electrons. The van der Waals surface area contributed by atoms with E-state index in [4.69, 9.17) is 41.4 Å². The summed E-state index contributed by atoms with van der Waals surface area (Å²) in [6, 6.07) is 51.0. The largest absolute Gasteiger partial charge is 1.00 e. The second kappa shape index (κ2) is 53.3. The second-order valence-corrected chi connectivity index (χ2v) is 33.3. The number of aliphatic carboxylic acids is 1. The number of aromatic nitrogens is 5. The number of nitrogens with zero attached hydrogens (tertiary/aromatic N) is 12. The first-order valence-electron chi connectivity index (χ1n) is 45.0. The second-order valence-electron chi connectivity index (χ2n) is 32.9. The summed E-state index contributed by atoms with van der Waals surface area (Å²) in [7, 11) is 0. The number of hydrogen-bond acceptors (Lipinski definition) is 23. The summed E-state index contributed by atoms with van der Waals surface area (Å²) in [6.45, 7) is 29.4. The van der Waals surface area contributed by atoms with Crippen LogP contribution in [0, 0.1) is 29.6 Å². The third-order valence-corrected chi connectivity index (χ3v) is 25.2. The Kier molecular flexibility index (Phi) is 42.0. The number of fused-ring (bicyclic) bond motifs is 5. The summed E-state index contributed by atoms with van der Waals surface area (Å²) in [5.74, 6) is 1.46. The molecule has 13 heterocycles. The van der Waals surface area contributed by atoms with Crippen molar-refractivity contribution in [1.82, 2.24) is 44.9 Å². The summed E-state index contributed by atoms with van der Waals surface area (Å²) < 4.78 is 21.1. The van der Waals surface area contributed by atoms with Crippen LogP contribution in [0.1, 0.15) is 110 Å². The maximum absolute atomic E-state index is 12.6.